The minimum atomic E-state index is -0.0936. The van der Waals surface area contributed by atoms with Gasteiger partial charge in [0.25, 0.3) is 0 Å². The third-order valence-electron chi connectivity index (χ3n) is 2.82. The summed E-state index contributed by atoms with van der Waals surface area (Å²) < 4.78 is 11.1. The summed E-state index contributed by atoms with van der Waals surface area (Å²) in [5.41, 5.74) is 6.34. The minimum absolute atomic E-state index is 0. The van der Waals surface area contributed by atoms with Gasteiger partial charge in [-0.3, -0.25) is 4.79 Å². The monoisotopic (exact) mass is 316 g/mol. The van der Waals surface area contributed by atoms with Crippen LogP contribution in [0.2, 0.25) is 0 Å². The molecule has 0 radical (unpaired) electrons. The smallest absolute Gasteiger partial charge is 0.221 e. The highest BCUT2D eigenvalue weighted by Crippen LogP contribution is 2.30. The van der Waals surface area contributed by atoms with Crippen LogP contribution in [0, 0.1) is 0 Å². The van der Waals surface area contributed by atoms with E-state index in [1.54, 1.807) is 0 Å². The maximum atomic E-state index is 11.6. The number of hydrogen-bond acceptors (Lipinski definition) is 4. The van der Waals surface area contributed by atoms with Gasteiger partial charge >= 0.3 is 0 Å². The van der Waals surface area contributed by atoms with Gasteiger partial charge in [0.15, 0.2) is 11.5 Å². The number of carbonyl (C=O) groups is 1. The molecular formula is C15H25ClN2O3. The summed E-state index contributed by atoms with van der Waals surface area (Å²) >= 11 is 0. The first kappa shape index (κ1) is 19.5. The minimum Gasteiger partial charge on any atom is -0.490 e. The van der Waals surface area contributed by atoms with E-state index < -0.39 is 0 Å². The molecule has 1 rings (SSSR count). The maximum absolute atomic E-state index is 11.6. The molecule has 21 heavy (non-hydrogen) atoms. The third-order valence-corrected chi connectivity index (χ3v) is 2.82. The van der Waals surface area contributed by atoms with Crippen molar-refractivity contribution < 1.29 is 14.3 Å². The molecule has 0 saturated heterocycles. The van der Waals surface area contributed by atoms with Crippen LogP contribution in [0.15, 0.2) is 18.2 Å². The second-order valence-electron chi connectivity index (χ2n) is 4.40. The molecule has 0 aromatic heterocycles. The van der Waals surface area contributed by atoms with Crippen LogP contribution in [0.3, 0.4) is 0 Å². The number of amides is 1. The predicted octanol–water partition coefficient (Wildman–Crippen LogP) is 2.43. The molecule has 0 aliphatic heterocycles. The van der Waals surface area contributed by atoms with Crippen LogP contribution in [0.25, 0.3) is 0 Å². The molecule has 0 heterocycles. The molecule has 3 N–H and O–H groups in total. The largest absolute Gasteiger partial charge is 0.490 e. The van der Waals surface area contributed by atoms with E-state index in [0.29, 0.717) is 31.9 Å². The molecule has 1 aromatic rings. The number of halogens is 1. The summed E-state index contributed by atoms with van der Waals surface area (Å²) in [4.78, 5) is 11.6. The Balaban J connectivity index is 0.00000400. The fourth-order valence-electron chi connectivity index (χ4n) is 1.87. The molecule has 0 spiro atoms. The quantitative estimate of drug-likeness (QED) is 0.772. The first-order chi connectivity index (χ1) is 9.62. The highest BCUT2D eigenvalue weighted by molar-refractivity contribution is 5.85. The molecule has 1 amide bonds. The van der Waals surface area contributed by atoms with Crippen LogP contribution in [0.5, 0.6) is 11.5 Å². The molecule has 5 nitrogen and oxygen atoms in total. The molecule has 0 aliphatic carbocycles. The Bertz CT molecular complexity index is 441. The first-order valence-corrected chi connectivity index (χ1v) is 7.01. The van der Waals surface area contributed by atoms with Gasteiger partial charge in [-0.15, -0.1) is 12.4 Å². The standard InChI is InChI=1S/C15H24N2O3.ClH/c1-4-19-13-7-6-12(10-14(13)20-5-2)11(3)17-15(18)8-9-16;/h6-7,10-11H,4-5,8-9,16H2,1-3H3,(H,17,18);1H. The SMILES string of the molecule is CCOc1ccc(C(C)NC(=O)CCN)cc1OCC.Cl. The van der Waals surface area contributed by atoms with Crippen LogP contribution in [-0.2, 0) is 4.79 Å². The number of hydrogen-bond donors (Lipinski definition) is 2. The predicted molar refractivity (Wildman–Crippen MR) is 86.3 cm³/mol. The Hall–Kier alpha value is -1.46. The van der Waals surface area contributed by atoms with Crippen molar-refractivity contribution >= 4 is 18.3 Å². The molecule has 6 heteroatoms. The van der Waals surface area contributed by atoms with E-state index in [1.165, 1.54) is 0 Å². The van der Waals surface area contributed by atoms with Crippen molar-refractivity contribution in [1.29, 1.82) is 0 Å². The summed E-state index contributed by atoms with van der Waals surface area (Å²) in [6, 6.07) is 5.61. The van der Waals surface area contributed by atoms with Crippen molar-refractivity contribution in [3.63, 3.8) is 0 Å². The summed E-state index contributed by atoms with van der Waals surface area (Å²) in [6.45, 7) is 7.29. The van der Waals surface area contributed by atoms with Crippen LogP contribution < -0.4 is 20.5 Å². The van der Waals surface area contributed by atoms with Gasteiger partial charge in [0.1, 0.15) is 0 Å². The van der Waals surface area contributed by atoms with Crippen LogP contribution in [0.4, 0.5) is 0 Å². The molecule has 1 aromatic carbocycles. The number of rotatable bonds is 8. The maximum Gasteiger partial charge on any atom is 0.221 e. The summed E-state index contributed by atoms with van der Waals surface area (Å²) in [7, 11) is 0. The average molecular weight is 317 g/mol. The number of ether oxygens (including phenoxy) is 2. The zero-order valence-corrected chi connectivity index (χ0v) is 13.7. The Kier molecular flexibility index (Phi) is 9.58. The Labute approximate surface area is 132 Å². The zero-order valence-electron chi connectivity index (χ0n) is 12.8. The lowest BCUT2D eigenvalue weighted by Gasteiger charge is -2.17. The lowest BCUT2D eigenvalue weighted by molar-refractivity contribution is -0.121. The van der Waals surface area contributed by atoms with E-state index in [9.17, 15) is 4.79 Å². The van der Waals surface area contributed by atoms with Crippen molar-refractivity contribution in [2.45, 2.75) is 33.2 Å². The molecule has 0 fully saturated rings. The second-order valence-corrected chi connectivity index (χ2v) is 4.40. The highest BCUT2D eigenvalue weighted by atomic mass is 35.5. The van der Waals surface area contributed by atoms with Gasteiger partial charge < -0.3 is 20.5 Å². The number of nitrogens with one attached hydrogen (secondary N) is 1. The fourth-order valence-corrected chi connectivity index (χ4v) is 1.87. The molecule has 0 aliphatic rings. The van der Waals surface area contributed by atoms with Gasteiger partial charge in [-0.1, -0.05) is 6.07 Å². The Morgan fingerprint density at radius 2 is 1.86 bits per heavy atom. The van der Waals surface area contributed by atoms with Gasteiger partial charge in [0, 0.05) is 13.0 Å². The highest BCUT2D eigenvalue weighted by Gasteiger charge is 2.12. The van der Waals surface area contributed by atoms with E-state index in [1.807, 2.05) is 39.0 Å². The molecule has 120 valence electrons. The third kappa shape index (κ3) is 6.23. The van der Waals surface area contributed by atoms with E-state index in [0.717, 1.165) is 11.3 Å². The fraction of sp³-hybridized carbons (Fsp3) is 0.533. The van der Waals surface area contributed by atoms with E-state index in [2.05, 4.69) is 5.32 Å². The average Bonchev–Trinajstić information content (AvgIpc) is 2.41. The van der Waals surface area contributed by atoms with Crippen molar-refractivity contribution in [3.05, 3.63) is 23.8 Å². The van der Waals surface area contributed by atoms with E-state index in [4.69, 9.17) is 15.2 Å². The summed E-state index contributed by atoms with van der Waals surface area (Å²) in [5.74, 6) is 1.37. The molecule has 1 atom stereocenters. The van der Waals surface area contributed by atoms with Gasteiger partial charge in [-0.05, 0) is 38.5 Å². The van der Waals surface area contributed by atoms with Gasteiger partial charge in [-0.2, -0.15) is 0 Å². The van der Waals surface area contributed by atoms with E-state index >= 15 is 0 Å². The lowest BCUT2D eigenvalue weighted by atomic mass is 10.1. The normalized spacial score (nSPS) is 11.2. The first-order valence-electron chi connectivity index (χ1n) is 7.01. The second kappa shape index (κ2) is 10.3. The molecule has 0 bridgehead atoms. The van der Waals surface area contributed by atoms with E-state index in [-0.39, 0.29) is 24.4 Å². The van der Waals surface area contributed by atoms with Crippen molar-refractivity contribution in [2.24, 2.45) is 5.73 Å². The lowest BCUT2D eigenvalue weighted by Crippen LogP contribution is -2.28. The molecular weight excluding hydrogens is 292 g/mol. The molecule has 1 unspecified atom stereocenters. The zero-order chi connectivity index (χ0) is 15.0. The summed E-state index contributed by atoms with van der Waals surface area (Å²) in [5, 5.41) is 2.90. The van der Waals surface area contributed by atoms with Gasteiger partial charge in [-0.25, -0.2) is 0 Å². The van der Waals surface area contributed by atoms with Crippen LogP contribution in [0.1, 0.15) is 38.8 Å². The molecule has 0 saturated carbocycles. The Morgan fingerprint density at radius 1 is 1.24 bits per heavy atom. The van der Waals surface area contributed by atoms with Crippen LogP contribution >= 0.6 is 12.4 Å². The number of carbonyl (C=O) groups excluding carboxylic acids is 1. The van der Waals surface area contributed by atoms with Crippen molar-refractivity contribution in [2.75, 3.05) is 19.8 Å². The van der Waals surface area contributed by atoms with Crippen molar-refractivity contribution in [1.82, 2.24) is 5.32 Å². The topological polar surface area (TPSA) is 73.6 Å². The summed E-state index contributed by atoms with van der Waals surface area (Å²) in [6.07, 6.45) is 0.333. The van der Waals surface area contributed by atoms with Crippen molar-refractivity contribution in [3.8, 4) is 11.5 Å². The van der Waals surface area contributed by atoms with Crippen LogP contribution in [-0.4, -0.2) is 25.7 Å². The van der Waals surface area contributed by atoms with Gasteiger partial charge in [0.2, 0.25) is 5.91 Å². The van der Waals surface area contributed by atoms with Gasteiger partial charge in [0.05, 0.1) is 19.3 Å². The number of benzene rings is 1. The Morgan fingerprint density at radius 3 is 2.43 bits per heavy atom. The number of nitrogens with two attached hydrogens (primary N) is 1.